The number of rotatable bonds is 2. The highest BCUT2D eigenvalue weighted by Crippen LogP contribution is 2.56. The molecule has 2 rings (SSSR count). The van der Waals surface area contributed by atoms with Crippen LogP contribution in [0, 0.1) is 23.7 Å². The first-order valence-corrected chi connectivity index (χ1v) is 4.29. The fraction of sp³-hybridized carbons (Fsp3) is 1.00. The van der Waals surface area contributed by atoms with Gasteiger partial charge in [-0.3, -0.25) is 0 Å². The van der Waals surface area contributed by atoms with E-state index in [9.17, 15) is 0 Å². The maximum absolute atomic E-state index is 2.37. The zero-order chi connectivity index (χ0) is 6.43. The van der Waals surface area contributed by atoms with Crippen molar-refractivity contribution in [1.82, 2.24) is 0 Å². The summed E-state index contributed by atoms with van der Waals surface area (Å²) >= 11 is 0. The fourth-order valence-electron chi connectivity index (χ4n) is 2.07. The van der Waals surface area contributed by atoms with E-state index in [2.05, 4.69) is 13.8 Å². The van der Waals surface area contributed by atoms with Crippen LogP contribution in [0.25, 0.3) is 0 Å². The van der Waals surface area contributed by atoms with Crippen LogP contribution in [-0.4, -0.2) is 0 Å². The van der Waals surface area contributed by atoms with Gasteiger partial charge in [-0.2, -0.15) is 0 Å². The molecule has 0 aliphatic heterocycles. The molecule has 2 fully saturated rings. The SMILES string of the molecule is CC(C)[C@@H]1C[C@H]1C1CC1. The zero-order valence-corrected chi connectivity index (χ0v) is 6.43. The molecule has 2 saturated carbocycles. The van der Waals surface area contributed by atoms with Gasteiger partial charge in [-0.05, 0) is 42.9 Å². The largest absolute Gasteiger partial charge is 0.0625 e. The predicted molar refractivity (Wildman–Crippen MR) is 39.2 cm³/mol. The van der Waals surface area contributed by atoms with Crippen LogP contribution in [-0.2, 0) is 0 Å². The first-order chi connectivity index (χ1) is 4.29. The van der Waals surface area contributed by atoms with Crippen molar-refractivity contribution in [2.75, 3.05) is 0 Å². The van der Waals surface area contributed by atoms with Crippen LogP contribution >= 0.6 is 0 Å². The van der Waals surface area contributed by atoms with Crippen LogP contribution in [0.5, 0.6) is 0 Å². The molecule has 0 amide bonds. The molecule has 52 valence electrons. The molecule has 2 atom stereocenters. The molecule has 0 aromatic carbocycles. The van der Waals surface area contributed by atoms with E-state index in [0.717, 1.165) is 11.8 Å². The van der Waals surface area contributed by atoms with Gasteiger partial charge in [0, 0.05) is 0 Å². The van der Waals surface area contributed by atoms with Crippen LogP contribution in [0.1, 0.15) is 33.1 Å². The summed E-state index contributed by atoms with van der Waals surface area (Å²) in [7, 11) is 0. The molecule has 9 heavy (non-hydrogen) atoms. The Morgan fingerprint density at radius 1 is 1.22 bits per heavy atom. The highest BCUT2D eigenvalue weighted by atomic mass is 14.5. The van der Waals surface area contributed by atoms with Crippen molar-refractivity contribution in [2.45, 2.75) is 33.1 Å². The normalized spacial score (nSPS) is 41.7. The van der Waals surface area contributed by atoms with E-state index >= 15 is 0 Å². The van der Waals surface area contributed by atoms with Gasteiger partial charge in [-0.25, -0.2) is 0 Å². The summed E-state index contributed by atoms with van der Waals surface area (Å²) in [4.78, 5) is 0. The summed E-state index contributed by atoms with van der Waals surface area (Å²) in [5, 5.41) is 0. The molecule has 0 unspecified atom stereocenters. The fourth-order valence-corrected chi connectivity index (χ4v) is 2.07. The van der Waals surface area contributed by atoms with E-state index in [4.69, 9.17) is 0 Å². The molecule has 0 heterocycles. The lowest BCUT2D eigenvalue weighted by Gasteiger charge is -1.99. The van der Waals surface area contributed by atoms with Gasteiger partial charge in [0.25, 0.3) is 0 Å². The summed E-state index contributed by atoms with van der Waals surface area (Å²) in [6, 6.07) is 0. The monoisotopic (exact) mass is 124 g/mol. The van der Waals surface area contributed by atoms with Gasteiger partial charge in [0.1, 0.15) is 0 Å². The molecule has 0 aromatic rings. The molecule has 0 saturated heterocycles. The molecule has 2 aliphatic carbocycles. The Balaban J connectivity index is 1.81. The third-order valence-corrected chi connectivity index (χ3v) is 2.97. The van der Waals surface area contributed by atoms with Crippen molar-refractivity contribution < 1.29 is 0 Å². The number of hydrogen-bond acceptors (Lipinski definition) is 0. The smallest absolute Gasteiger partial charge is 0.0352 e. The molecular formula is C9H16. The first kappa shape index (κ1) is 5.76. The van der Waals surface area contributed by atoms with Crippen molar-refractivity contribution in [3.63, 3.8) is 0 Å². The molecule has 0 bridgehead atoms. The Morgan fingerprint density at radius 2 is 1.89 bits per heavy atom. The van der Waals surface area contributed by atoms with Gasteiger partial charge in [0.05, 0.1) is 0 Å². The topological polar surface area (TPSA) is 0 Å². The van der Waals surface area contributed by atoms with Crippen LogP contribution in [0.3, 0.4) is 0 Å². The molecule has 0 N–H and O–H groups in total. The lowest BCUT2D eigenvalue weighted by Crippen LogP contribution is -1.93. The van der Waals surface area contributed by atoms with Gasteiger partial charge in [-0.15, -0.1) is 0 Å². The van der Waals surface area contributed by atoms with Gasteiger partial charge in [0.2, 0.25) is 0 Å². The maximum atomic E-state index is 2.37. The van der Waals surface area contributed by atoms with Crippen molar-refractivity contribution in [2.24, 2.45) is 23.7 Å². The highest BCUT2D eigenvalue weighted by molar-refractivity contribution is 4.97. The van der Waals surface area contributed by atoms with Crippen molar-refractivity contribution in [3.8, 4) is 0 Å². The van der Waals surface area contributed by atoms with E-state index in [-0.39, 0.29) is 0 Å². The van der Waals surface area contributed by atoms with Gasteiger partial charge in [-0.1, -0.05) is 13.8 Å². The lowest BCUT2D eigenvalue weighted by molar-refractivity contribution is 0.494. The van der Waals surface area contributed by atoms with Crippen LogP contribution < -0.4 is 0 Å². The lowest BCUT2D eigenvalue weighted by atomic mass is 10.1. The highest BCUT2D eigenvalue weighted by Gasteiger charge is 2.48. The molecule has 0 radical (unpaired) electrons. The zero-order valence-electron chi connectivity index (χ0n) is 6.43. The van der Waals surface area contributed by atoms with Crippen LogP contribution in [0.2, 0.25) is 0 Å². The summed E-state index contributed by atoms with van der Waals surface area (Å²) < 4.78 is 0. The van der Waals surface area contributed by atoms with Crippen LogP contribution in [0.4, 0.5) is 0 Å². The average molecular weight is 124 g/mol. The van der Waals surface area contributed by atoms with Gasteiger partial charge < -0.3 is 0 Å². The Hall–Kier alpha value is 0. The summed E-state index contributed by atoms with van der Waals surface area (Å²) in [5.74, 6) is 4.44. The third-order valence-electron chi connectivity index (χ3n) is 2.97. The second kappa shape index (κ2) is 1.74. The third kappa shape index (κ3) is 0.997. The molecule has 0 aromatic heterocycles. The van der Waals surface area contributed by atoms with Crippen molar-refractivity contribution in [3.05, 3.63) is 0 Å². The summed E-state index contributed by atoms with van der Waals surface area (Å²) in [6.07, 6.45) is 4.66. The van der Waals surface area contributed by atoms with E-state index in [1.807, 2.05) is 0 Å². The van der Waals surface area contributed by atoms with E-state index in [1.54, 1.807) is 19.3 Å². The Kier molecular flexibility index (Phi) is 1.12. The van der Waals surface area contributed by atoms with Gasteiger partial charge in [0.15, 0.2) is 0 Å². The van der Waals surface area contributed by atoms with Crippen molar-refractivity contribution >= 4 is 0 Å². The Labute approximate surface area is 57.6 Å². The minimum absolute atomic E-state index is 0.968. The quantitative estimate of drug-likeness (QED) is 0.531. The molecule has 0 spiro atoms. The van der Waals surface area contributed by atoms with Crippen LogP contribution in [0.15, 0.2) is 0 Å². The minimum atomic E-state index is 0.968. The minimum Gasteiger partial charge on any atom is -0.0625 e. The van der Waals surface area contributed by atoms with Gasteiger partial charge >= 0.3 is 0 Å². The second-order valence-electron chi connectivity index (χ2n) is 4.14. The first-order valence-electron chi connectivity index (χ1n) is 4.29. The van der Waals surface area contributed by atoms with E-state index in [1.165, 1.54) is 11.8 Å². The summed E-state index contributed by atoms with van der Waals surface area (Å²) in [5.41, 5.74) is 0. The maximum Gasteiger partial charge on any atom is -0.0352 e. The summed E-state index contributed by atoms with van der Waals surface area (Å²) in [6.45, 7) is 4.74. The molecule has 0 nitrogen and oxygen atoms in total. The Bertz CT molecular complexity index is 105. The average Bonchev–Trinajstić information content (AvgIpc) is 2.60. The molecular weight excluding hydrogens is 108 g/mol. The van der Waals surface area contributed by atoms with E-state index < -0.39 is 0 Å². The molecule has 2 aliphatic rings. The standard InChI is InChI=1S/C9H16/c1-6(2)8-5-9(8)7-3-4-7/h6-9H,3-5H2,1-2H3/t8-,9-/m0/s1. The predicted octanol–water partition coefficient (Wildman–Crippen LogP) is 2.69. The van der Waals surface area contributed by atoms with Crippen molar-refractivity contribution in [1.29, 1.82) is 0 Å². The second-order valence-corrected chi connectivity index (χ2v) is 4.14. The number of hydrogen-bond donors (Lipinski definition) is 0. The molecule has 0 heteroatoms. The Morgan fingerprint density at radius 3 is 2.22 bits per heavy atom. The van der Waals surface area contributed by atoms with E-state index in [0.29, 0.717) is 0 Å².